The number of carbonyl (C=O) groups excluding carboxylic acids is 1. The maximum absolute atomic E-state index is 12.5. The number of amides is 1. The highest BCUT2D eigenvalue weighted by atomic mass is 16.5. The molecule has 0 radical (unpaired) electrons. The molecule has 3 heterocycles. The molecule has 156 valence electrons. The van der Waals surface area contributed by atoms with Crippen molar-refractivity contribution in [1.82, 2.24) is 25.4 Å². The van der Waals surface area contributed by atoms with Crippen molar-refractivity contribution in [3.05, 3.63) is 47.5 Å². The monoisotopic (exact) mass is 399 g/mol. The number of aromatic amines is 1. The molecule has 2 aliphatic rings. The van der Waals surface area contributed by atoms with Gasteiger partial charge in [0, 0.05) is 25.1 Å². The van der Waals surface area contributed by atoms with Crippen molar-refractivity contribution in [3.8, 4) is 0 Å². The van der Waals surface area contributed by atoms with Gasteiger partial charge < -0.3 is 15.2 Å². The number of nitrogens with zero attached hydrogens (tertiary/aromatic N) is 3. The van der Waals surface area contributed by atoms with Crippen LogP contribution in [0.15, 0.2) is 30.3 Å². The summed E-state index contributed by atoms with van der Waals surface area (Å²) in [7, 11) is 0. The topological polar surface area (TPSA) is 103 Å². The molecule has 1 aromatic heterocycles. The molecular weight excluding hydrogens is 370 g/mol. The maximum Gasteiger partial charge on any atom is 0.251 e. The van der Waals surface area contributed by atoms with E-state index in [9.17, 15) is 9.90 Å². The number of benzene rings is 1. The Hall–Kier alpha value is -2.29. The minimum absolute atomic E-state index is 0.188. The first-order valence-corrected chi connectivity index (χ1v) is 10.2. The van der Waals surface area contributed by atoms with Crippen molar-refractivity contribution >= 4 is 5.91 Å². The Labute approximate surface area is 170 Å². The molecule has 8 nitrogen and oxygen atoms in total. The van der Waals surface area contributed by atoms with Crippen molar-refractivity contribution in [1.29, 1.82) is 0 Å². The molecular formula is C21H29N5O3. The number of likely N-dealkylation sites (tertiary alicyclic amines) is 1. The van der Waals surface area contributed by atoms with Crippen LogP contribution in [0.4, 0.5) is 0 Å². The fourth-order valence-electron chi connectivity index (χ4n) is 4.39. The number of aliphatic hydroxyl groups is 1. The SMILES string of the molecule is Cc1nc(CN2CCC3(CC2)C[C@](C)(O)[C@@H](NC(=O)c2ccccc2)CO3)n[nH]1. The van der Waals surface area contributed by atoms with Crippen molar-refractivity contribution in [2.24, 2.45) is 0 Å². The first-order valence-electron chi connectivity index (χ1n) is 10.2. The van der Waals surface area contributed by atoms with Crippen LogP contribution in [0.2, 0.25) is 0 Å². The van der Waals surface area contributed by atoms with Gasteiger partial charge in [0.15, 0.2) is 5.82 Å². The standard InChI is InChI=1S/C21H29N5O3/c1-15-22-18(25-24-15)12-26-10-8-21(9-11-26)14-20(2,28)17(13-29-21)23-19(27)16-6-4-3-5-7-16/h3-7,17,28H,8-14H2,1-2H3,(H,23,27)(H,22,24,25)/t17-,20-/m0/s1. The molecule has 8 heteroatoms. The third kappa shape index (κ3) is 4.49. The Morgan fingerprint density at radius 1 is 1.34 bits per heavy atom. The number of carbonyl (C=O) groups is 1. The lowest BCUT2D eigenvalue weighted by Crippen LogP contribution is -2.63. The largest absolute Gasteiger partial charge is 0.388 e. The molecule has 4 rings (SSSR count). The van der Waals surface area contributed by atoms with Crippen LogP contribution in [-0.4, -0.2) is 68.0 Å². The normalized spacial score (nSPS) is 27.1. The van der Waals surface area contributed by atoms with Crippen LogP contribution in [0.1, 0.15) is 48.2 Å². The van der Waals surface area contributed by atoms with E-state index < -0.39 is 11.6 Å². The highest BCUT2D eigenvalue weighted by Crippen LogP contribution is 2.39. The molecule has 2 saturated heterocycles. The Kier molecular flexibility index (Phi) is 5.42. The lowest BCUT2D eigenvalue weighted by Gasteiger charge is -2.51. The molecule has 2 atom stereocenters. The first-order chi connectivity index (χ1) is 13.9. The number of hydrogen-bond acceptors (Lipinski definition) is 6. The second-order valence-corrected chi connectivity index (χ2v) is 8.53. The number of piperidine rings is 1. The van der Waals surface area contributed by atoms with Crippen molar-refractivity contribution in [3.63, 3.8) is 0 Å². The van der Waals surface area contributed by atoms with Crippen LogP contribution in [0.3, 0.4) is 0 Å². The summed E-state index contributed by atoms with van der Waals surface area (Å²) in [5.41, 5.74) is -0.784. The molecule has 0 unspecified atom stereocenters. The number of ether oxygens (including phenoxy) is 1. The van der Waals surface area contributed by atoms with Gasteiger partial charge in [-0.3, -0.25) is 14.8 Å². The quantitative estimate of drug-likeness (QED) is 0.718. The summed E-state index contributed by atoms with van der Waals surface area (Å²) < 4.78 is 6.26. The second-order valence-electron chi connectivity index (χ2n) is 8.53. The van der Waals surface area contributed by atoms with Crippen LogP contribution < -0.4 is 5.32 Å². The summed E-state index contributed by atoms with van der Waals surface area (Å²) in [6.45, 7) is 6.45. The minimum atomic E-state index is -1.02. The molecule has 3 N–H and O–H groups in total. The molecule has 1 spiro atoms. The second kappa shape index (κ2) is 7.85. The Morgan fingerprint density at radius 3 is 2.69 bits per heavy atom. The Morgan fingerprint density at radius 2 is 2.07 bits per heavy atom. The van der Waals surface area contributed by atoms with Gasteiger partial charge in [0.25, 0.3) is 5.91 Å². The zero-order valence-electron chi connectivity index (χ0n) is 17.0. The van der Waals surface area contributed by atoms with Gasteiger partial charge in [-0.05, 0) is 38.8 Å². The van der Waals surface area contributed by atoms with E-state index >= 15 is 0 Å². The van der Waals surface area contributed by atoms with Gasteiger partial charge in [-0.15, -0.1) is 0 Å². The fraction of sp³-hybridized carbons (Fsp3) is 0.571. The van der Waals surface area contributed by atoms with Crippen LogP contribution in [-0.2, 0) is 11.3 Å². The smallest absolute Gasteiger partial charge is 0.251 e. The summed E-state index contributed by atoms with van der Waals surface area (Å²) in [5.74, 6) is 1.44. The number of hydrogen-bond donors (Lipinski definition) is 3. The Balaban J connectivity index is 1.33. The first kappa shape index (κ1) is 20.0. The van der Waals surface area contributed by atoms with Crippen LogP contribution >= 0.6 is 0 Å². The summed E-state index contributed by atoms with van der Waals surface area (Å²) in [6, 6.07) is 8.62. The van der Waals surface area contributed by atoms with Gasteiger partial charge >= 0.3 is 0 Å². The lowest BCUT2D eigenvalue weighted by molar-refractivity contribution is -0.186. The van der Waals surface area contributed by atoms with Crippen LogP contribution in [0.5, 0.6) is 0 Å². The van der Waals surface area contributed by atoms with Gasteiger partial charge in [0.1, 0.15) is 5.82 Å². The predicted octanol–water partition coefficient (Wildman–Crippen LogP) is 1.42. The number of H-pyrrole nitrogens is 1. The van der Waals surface area contributed by atoms with Gasteiger partial charge in [0.2, 0.25) is 0 Å². The third-order valence-corrected chi connectivity index (χ3v) is 6.10. The average Bonchev–Trinajstić information content (AvgIpc) is 3.11. The molecule has 1 aromatic carbocycles. The van der Waals surface area contributed by atoms with E-state index in [4.69, 9.17) is 4.74 Å². The fourth-order valence-corrected chi connectivity index (χ4v) is 4.39. The van der Waals surface area contributed by atoms with Gasteiger partial charge in [0.05, 0.1) is 30.4 Å². The molecule has 2 aromatic rings. The zero-order chi connectivity index (χ0) is 20.5. The van der Waals surface area contributed by atoms with Crippen LogP contribution in [0.25, 0.3) is 0 Å². The summed E-state index contributed by atoms with van der Waals surface area (Å²) in [5, 5.41) is 21.2. The van der Waals surface area contributed by atoms with E-state index in [1.165, 1.54) is 0 Å². The predicted molar refractivity (Wildman–Crippen MR) is 107 cm³/mol. The van der Waals surface area contributed by atoms with Crippen molar-refractivity contribution in [2.45, 2.75) is 56.9 Å². The molecule has 0 bridgehead atoms. The number of aromatic nitrogens is 3. The van der Waals surface area contributed by atoms with Crippen molar-refractivity contribution in [2.75, 3.05) is 19.7 Å². The maximum atomic E-state index is 12.5. The van der Waals surface area contributed by atoms with E-state index in [0.29, 0.717) is 25.1 Å². The molecule has 2 aliphatic heterocycles. The highest BCUT2D eigenvalue weighted by Gasteiger charge is 2.49. The minimum Gasteiger partial charge on any atom is -0.388 e. The van der Waals surface area contributed by atoms with E-state index in [-0.39, 0.29) is 11.5 Å². The number of aryl methyl sites for hydroxylation is 1. The van der Waals surface area contributed by atoms with Crippen molar-refractivity contribution < 1.29 is 14.6 Å². The highest BCUT2D eigenvalue weighted by molar-refractivity contribution is 5.94. The summed E-state index contributed by atoms with van der Waals surface area (Å²) >= 11 is 0. The van der Waals surface area contributed by atoms with Gasteiger partial charge in [-0.2, -0.15) is 5.10 Å². The summed E-state index contributed by atoms with van der Waals surface area (Å²) in [6.07, 6.45) is 2.19. The zero-order valence-corrected chi connectivity index (χ0v) is 17.0. The van der Waals surface area contributed by atoms with Gasteiger partial charge in [-0.1, -0.05) is 18.2 Å². The van der Waals surface area contributed by atoms with Crippen LogP contribution in [0, 0.1) is 6.92 Å². The Bertz CT molecular complexity index is 843. The summed E-state index contributed by atoms with van der Waals surface area (Å²) in [4.78, 5) is 19.2. The molecule has 0 saturated carbocycles. The van der Waals surface area contributed by atoms with E-state index in [1.54, 1.807) is 19.1 Å². The molecule has 29 heavy (non-hydrogen) atoms. The third-order valence-electron chi connectivity index (χ3n) is 6.10. The lowest BCUT2D eigenvalue weighted by atomic mass is 9.75. The van der Waals surface area contributed by atoms with E-state index in [2.05, 4.69) is 25.4 Å². The number of nitrogens with one attached hydrogen (secondary N) is 2. The van der Waals surface area contributed by atoms with Gasteiger partial charge in [-0.25, -0.2) is 4.98 Å². The molecule has 1 amide bonds. The average molecular weight is 399 g/mol. The number of rotatable bonds is 4. The molecule has 2 fully saturated rings. The van der Waals surface area contributed by atoms with E-state index in [1.807, 2.05) is 25.1 Å². The molecule has 0 aliphatic carbocycles. The van der Waals surface area contributed by atoms with E-state index in [0.717, 1.165) is 37.6 Å².